The van der Waals surface area contributed by atoms with Gasteiger partial charge in [-0.2, -0.15) is 0 Å². The maximum Gasteiger partial charge on any atom is 0.276 e. The standard InChI is InChI=1S/C16H18ClF2N3O3S.C13H12ClF2N3O/c1-9(2)26(24,25)20-13-7-10(11(18)8-12(13)19)14-15(17)21-5-3-4-6-22(21)16(14)23;14-12-11(7-5-10(17)9(16)6-8(7)15)13(20)19-4-2-1-3-18(12)19/h7-9,20H,3-6H2,1-2H3;5-6H,1-4,17H2. The summed E-state index contributed by atoms with van der Waals surface area (Å²) in [6.07, 6.45) is 3.40. The van der Waals surface area contributed by atoms with Crippen molar-refractivity contribution in [3.63, 3.8) is 0 Å². The third kappa shape index (κ3) is 6.07. The van der Waals surface area contributed by atoms with Gasteiger partial charge < -0.3 is 5.73 Å². The minimum absolute atomic E-state index is 0.0396. The van der Waals surface area contributed by atoms with Crippen LogP contribution in [-0.4, -0.2) is 32.4 Å². The summed E-state index contributed by atoms with van der Waals surface area (Å²) in [7, 11) is -3.84. The van der Waals surface area contributed by atoms with Crippen LogP contribution in [0.15, 0.2) is 33.9 Å². The predicted octanol–water partition coefficient (Wildman–Crippen LogP) is 5.82. The van der Waals surface area contributed by atoms with Gasteiger partial charge in [-0.15, -0.1) is 0 Å². The van der Waals surface area contributed by atoms with Gasteiger partial charge in [0.1, 0.15) is 33.6 Å². The van der Waals surface area contributed by atoms with Gasteiger partial charge in [-0.3, -0.25) is 23.7 Å². The van der Waals surface area contributed by atoms with Crippen molar-refractivity contribution in [3.8, 4) is 22.3 Å². The first-order valence-electron chi connectivity index (χ1n) is 14.4. The van der Waals surface area contributed by atoms with Crippen LogP contribution in [-0.2, 0) is 36.2 Å². The fourth-order valence-corrected chi connectivity index (χ4v) is 6.77. The molecule has 3 N–H and O–H groups in total. The molecule has 0 atom stereocenters. The van der Waals surface area contributed by atoms with E-state index >= 15 is 0 Å². The SMILES string of the molecule is CC(C)S(=O)(=O)Nc1cc(-c2c(Cl)n3n(c2=O)CCCC3)c(F)cc1F.Nc1cc(-c2c(Cl)n3n(c2=O)CCCC3)c(F)cc1F. The highest BCUT2D eigenvalue weighted by atomic mass is 35.5. The monoisotopic (exact) mass is 704 g/mol. The molecule has 6 rings (SSSR count). The van der Waals surface area contributed by atoms with Crippen molar-refractivity contribution in [3.05, 3.63) is 78.5 Å². The van der Waals surface area contributed by atoms with Crippen LogP contribution in [0.5, 0.6) is 0 Å². The molecular weight excluding hydrogens is 675 g/mol. The molecule has 0 amide bonds. The number of nitrogens with two attached hydrogens (primary N) is 1. The fourth-order valence-electron chi connectivity index (χ4n) is 5.35. The Bertz CT molecular complexity index is 2070. The Morgan fingerprint density at radius 1 is 0.696 bits per heavy atom. The Labute approximate surface area is 270 Å². The van der Waals surface area contributed by atoms with Crippen LogP contribution in [0.25, 0.3) is 22.3 Å². The molecule has 17 heteroatoms. The van der Waals surface area contributed by atoms with Crippen molar-refractivity contribution in [2.45, 2.75) is 71.0 Å². The second-order valence-electron chi connectivity index (χ2n) is 11.2. The molecule has 4 aromatic rings. The number of aromatic nitrogens is 4. The summed E-state index contributed by atoms with van der Waals surface area (Å²) >= 11 is 12.5. The van der Waals surface area contributed by atoms with Gasteiger partial charge in [-0.05, 0) is 51.7 Å². The van der Waals surface area contributed by atoms with Crippen molar-refractivity contribution in [1.29, 1.82) is 0 Å². The molecule has 2 aliphatic heterocycles. The first-order chi connectivity index (χ1) is 21.6. The third-order valence-electron chi connectivity index (χ3n) is 7.88. The number of hydrogen-bond donors (Lipinski definition) is 2. The van der Waals surface area contributed by atoms with Crippen LogP contribution in [0.4, 0.5) is 28.9 Å². The molecular formula is C29H30Cl2F4N6O4S. The molecule has 0 fully saturated rings. The molecule has 0 aliphatic carbocycles. The zero-order valence-corrected chi connectivity index (χ0v) is 27.0. The van der Waals surface area contributed by atoms with E-state index < -0.39 is 49.8 Å². The summed E-state index contributed by atoms with van der Waals surface area (Å²) in [6.45, 7) is 4.97. The number of nitrogens with one attached hydrogen (secondary N) is 1. The molecule has 248 valence electrons. The van der Waals surface area contributed by atoms with Crippen molar-refractivity contribution < 1.29 is 26.0 Å². The van der Waals surface area contributed by atoms with Crippen LogP contribution in [0, 0.1) is 23.3 Å². The Morgan fingerprint density at radius 2 is 1.11 bits per heavy atom. The highest BCUT2D eigenvalue weighted by Gasteiger charge is 2.27. The molecule has 0 bridgehead atoms. The lowest BCUT2D eigenvalue weighted by Crippen LogP contribution is -2.27. The van der Waals surface area contributed by atoms with E-state index in [9.17, 15) is 35.6 Å². The number of anilines is 2. The van der Waals surface area contributed by atoms with E-state index in [1.807, 2.05) is 0 Å². The van der Waals surface area contributed by atoms with E-state index in [0.29, 0.717) is 38.3 Å². The summed E-state index contributed by atoms with van der Waals surface area (Å²) in [5, 5.41) is -0.594. The minimum atomic E-state index is -3.84. The second kappa shape index (κ2) is 12.8. The lowest BCUT2D eigenvalue weighted by Gasteiger charge is -2.17. The van der Waals surface area contributed by atoms with E-state index in [4.69, 9.17) is 28.9 Å². The highest BCUT2D eigenvalue weighted by molar-refractivity contribution is 7.93. The summed E-state index contributed by atoms with van der Waals surface area (Å²) in [5.41, 5.74) is 3.58. The Balaban J connectivity index is 0.000000187. The summed E-state index contributed by atoms with van der Waals surface area (Å²) < 4.78 is 87.8. The lowest BCUT2D eigenvalue weighted by molar-refractivity contribution is 0.356. The van der Waals surface area contributed by atoms with Gasteiger partial charge in [-0.1, -0.05) is 23.2 Å². The zero-order chi connectivity index (χ0) is 33.7. The quantitative estimate of drug-likeness (QED) is 0.200. The van der Waals surface area contributed by atoms with Crippen LogP contribution in [0.1, 0.15) is 39.5 Å². The van der Waals surface area contributed by atoms with Crippen molar-refractivity contribution in [1.82, 2.24) is 18.7 Å². The smallest absolute Gasteiger partial charge is 0.276 e. The fraction of sp³-hybridized carbons (Fsp3) is 0.379. The minimum Gasteiger partial charge on any atom is -0.396 e. The van der Waals surface area contributed by atoms with E-state index in [0.717, 1.165) is 37.8 Å². The largest absolute Gasteiger partial charge is 0.396 e. The van der Waals surface area contributed by atoms with Crippen LogP contribution in [0.3, 0.4) is 0 Å². The number of sulfonamides is 1. The van der Waals surface area contributed by atoms with Crippen LogP contribution < -0.4 is 21.6 Å². The molecule has 4 heterocycles. The molecule has 46 heavy (non-hydrogen) atoms. The first-order valence-corrected chi connectivity index (χ1v) is 16.7. The van der Waals surface area contributed by atoms with E-state index in [2.05, 4.69) is 4.72 Å². The molecule has 0 unspecified atom stereocenters. The lowest BCUT2D eigenvalue weighted by atomic mass is 10.1. The molecule has 10 nitrogen and oxygen atoms in total. The molecule has 0 spiro atoms. The predicted molar refractivity (Wildman–Crippen MR) is 169 cm³/mol. The first kappa shape index (κ1) is 33.7. The molecule has 2 aliphatic rings. The van der Waals surface area contributed by atoms with E-state index in [-0.39, 0.29) is 43.8 Å². The normalized spacial score (nSPS) is 14.5. The number of hydrogen-bond acceptors (Lipinski definition) is 5. The van der Waals surface area contributed by atoms with Gasteiger partial charge in [0.05, 0.1) is 27.8 Å². The maximum atomic E-state index is 14.4. The van der Waals surface area contributed by atoms with Crippen molar-refractivity contribution in [2.24, 2.45) is 0 Å². The summed E-state index contributed by atoms with van der Waals surface area (Å²) in [6, 6.07) is 3.30. The maximum absolute atomic E-state index is 14.4. The number of rotatable bonds is 5. The molecule has 0 radical (unpaired) electrons. The number of nitrogens with zero attached hydrogens (tertiary/aromatic N) is 4. The van der Waals surface area contributed by atoms with Gasteiger partial charge in [0.2, 0.25) is 10.0 Å². The number of fused-ring (bicyclic) bond motifs is 2. The average Bonchev–Trinajstić information content (AvgIpc) is 3.41. The van der Waals surface area contributed by atoms with E-state index in [1.54, 1.807) is 9.36 Å². The van der Waals surface area contributed by atoms with E-state index in [1.165, 1.54) is 23.2 Å². The number of nitrogen functional groups attached to an aromatic ring is 1. The topological polar surface area (TPSA) is 126 Å². The average molecular weight is 706 g/mol. The van der Waals surface area contributed by atoms with Crippen LogP contribution >= 0.6 is 23.2 Å². The molecule has 2 aromatic carbocycles. The van der Waals surface area contributed by atoms with Gasteiger partial charge in [-0.25, -0.2) is 35.3 Å². The summed E-state index contributed by atoms with van der Waals surface area (Å²) in [4.78, 5) is 25.0. The van der Waals surface area contributed by atoms with Gasteiger partial charge >= 0.3 is 0 Å². The Kier molecular flexibility index (Phi) is 9.40. The number of benzene rings is 2. The summed E-state index contributed by atoms with van der Waals surface area (Å²) in [5.74, 6) is -3.76. The van der Waals surface area contributed by atoms with Crippen molar-refractivity contribution in [2.75, 3.05) is 10.5 Å². The van der Waals surface area contributed by atoms with Gasteiger partial charge in [0, 0.05) is 49.4 Å². The highest BCUT2D eigenvalue weighted by Crippen LogP contribution is 2.34. The Morgan fingerprint density at radius 3 is 1.54 bits per heavy atom. The van der Waals surface area contributed by atoms with Gasteiger partial charge in [0.15, 0.2) is 0 Å². The Hall–Kier alpha value is -3.69. The zero-order valence-electron chi connectivity index (χ0n) is 24.7. The molecule has 0 saturated carbocycles. The molecule has 2 aromatic heterocycles. The third-order valence-corrected chi connectivity index (χ3v) is 10.4. The van der Waals surface area contributed by atoms with Crippen molar-refractivity contribution >= 4 is 44.6 Å². The number of halogens is 6. The van der Waals surface area contributed by atoms with Crippen LogP contribution in [0.2, 0.25) is 10.3 Å². The van der Waals surface area contributed by atoms with Gasteiger partial charge in [0.25, 0.3) is 11.1 Å². The second-order valence-corrected chi connectivity index (χ2v) is 14.2. The molecule has 0 saturated heterocycles.